The number of ether oxygens (including phenoxy) is 1. The average molecular weight is 375 g/mol. The molecule has 3 nitrogen and oxygen atoms in total. The van der Waals surface area contributed by atoms with E-state index in [1.54, 1.807) is 18.2 Å². The molecule has 0 aliphatic heterocycles. The summed E-state index contributed by atoms with van der Waals surface area (Å²) in [6, 6.07) is 11.0. The minimum absolute atomic E-state index is 0.0419. The topological polar surface area (TPSA) is 46.5 Å². The van der Waals surface area contributed by atoms with Gasteiger partial charge in [-0.25, -0.2) is 0 Å². The fourth-order valence-electron chi connectivity index (χ4n) is 2.15. The number of rotatable bonds is 5. The first-order chi connectivity index (χ1) is 10.9. The zero-order valence-corrected chi connectivity index (χ0v) is 14.9. The summed E-state index contributed by atoms with van der Waals surface area (Å²) in [5, 5.41) is 9.79. The first-order valence-electron chi connectivity index (χ1n) is 7.31. The Hall–Kier alpha value is -2.07. The number of ketones is 1. The van der Waals surface area contributed by atoms with Crippen LogP contribution in [0.4, 0.5) is 0 Å². The lowest BCUT2D eigenvalue weighted by Crippen LogP contribution is -1.95. The maximum Gasteiger partial charge on any atom is 0.185 e. The summed E-state index contributed by atoms with van der Waals surface area (Å²) < 4.78 is 5.61. The van der Waals surface area contributed by atoms with Crippen LogP contribution in [0, 0.1) is 0 Å². The van der Waals surface area contributed by atoms with Crippen molar-refractivity contribution in [3.63, 3.8) is 0 Å². The number of halogens is 1. The van der Waals surface area contributed by atoms with Gasteiger partial charge in [-0.15, -0.1) is 0 Å². The molecule has 0 aliphatic carbocycles. The Morgan fingerprint density at radius 2 is 1.87 bits per heavy atom. The van der Waals surface area contributed by atoms with Crippen LogP contribution in [0.25, 0.3) is 6.08 Å². The second-order valence-corrected chi connectivity index (χ2v) is 6.38. The van der Waals surface area contributed by atoms with E-state index in [1.807, 2.05) is 24.3 Å². The third kappa shape index (κ3) is 4.23. The van der Waals surface area contributed by atoms with Crippen LogP contribution in [0.3, 0.4) is 0 Å². The molecule has 0 fully saturated rings. The molecular formula is C19H19BrO3. The minimum atomic E-state index is -0.0662. The van der Waals surface area contributed by atoms with Gasteiger partial charge in [0.2, 0.25) is 0 Å². The molecular weight excluding hydrogens is 356 g/mol. The van der Waals surface area contributed by atoms with Crippen LogP contribution >= 0.6 is 15.9 Å². The Bertz CT molecular complexity index is 731. The van der Waals surface area contributed by atoms with E-state index in [0.29, 0.717) is 21.7 Å². The second kappa shape index (κ2) is 7.47. The number of allylic oxidation sites excluding steroid dienone is 1. The smallest absolute Gasteiger partial charge is 0.185 e. The molecule has 0 spiro atoms. The van der Waals surface area contributed by atoms with Gasteiger partial charge in [0.15, 0.2) is 17.3 Å². The van der Waals surface area contributed by atoms with Crippen LogP contribution in [0.5, 0.6) is 11.5 Å². The van der Waals surface area contributed by atoms with E-state index in [9.17, 15) is 9.90 Å². The van der Waals surface area contributed by atoms with Crippen molar-refractivity contribution < 1.29 is 14.6 Å². The quantitative estimate of drug-likeness (QED) is 0.578. The molecule has 2 rings (SSSR count). The molecule has 2 aromatic carbocycles. The Morgan fingerprint density at radius 3 is 2.43 bits per heavy atom. The molecule has 2 aromatic rings. The summed E-state index contributed by atoms with van der Waals surface area (Å²) in [7, 11) is 1.48. The molecule has 4 heteroatoms. The molecule has 0 atom stereocenters. The third-order valence-electron chi connectivity index (χ3n) is 3.56. The normalized spacial score (nSPS) is 11.2. The summed E-state index contributed by atoms with van der Waals surface area (Å²) in [4.78, 5) is 12.2. The lowest BCUT2D eigenvalue weighted by atomic mass is 10.0. The van der Waals surface area contributed by atoms with Gasteiger partial charge in [0, 0.05) is 5.56 Å². The van der Waals surface area contributed by atoms with Crippen LogP contribution in [-0.4, -0.2) is 18.0 Å². The molecule has 23 heavy (non-hydrogen) atoms. The van der Waals surface area contributed by atoms with E-state index in [2.05, 4.69) is 29.8 Å². The molecule has 1 N–H and O–H groups in total. The Balaban J connectivity index is 2.19. The van der Waals surface area contributed by atoms with Crippen molar-refractivity contribution in [2.45, 2.75) is 19.8 Å². The number of carbonyl (C=O) groups excluding carboxylic acids is 1. The van der Waals surface area contributed by atoms with Crippen molar-refractivity contribution in [2.24, 2.45) is 0 Å². The van der Waals surface area contributed by atoms with Gasteiger partial charge in [-0.3, -0.25) is 4.79 Å². The van der Waals surface area contributed by atoms with Gasteiger partial charge in [0.25, 0.3) is 0 Å². The summed E-state index contributed by atoms with van der Waals surface area (Å²) in [5.74, 6) is 0.771. The highest BCUT2D eigenvalue weighted by Gasteiger charge is 2.08. The van der Waals surface area contributed by atoms with Crippen molar-refractivity contribution in [3.8, 4) is 11.5 Å². The molecule has 0 aliphatic rings. The highest BCUT2D eigenvalue weighted by Crippen LogP contribution is 2.35. The zero-order valence-electron chi connectivity index (χ0n) is 13.3. The molecule has 0 heterocycles. The molecule has 120 valence electrons. The van der Waals surface area contributed by atoms with Gasteiger partial charge in [-0.1, -0.05) is 44.2 Å². The predicted octanol–water partition coefficient (Wildman–Crippen LogP) is 5.18. The molecule has 0 aromatic heterocycles. The van der Waals surface area contributed by atoms with Gasteiger partial charge in [0.05, 0.1) is 11.6 Å². The monoisotopic (exact) mass is 374 g/mol. The lowest BCUT2D eigenvalue weighted by Gasteiger charge is -2.06. The third-order valence-corrected chi connectivity index (χ3v) is 4.16. The number of hydrogen-bond acceptors (Lipinski definition) is 3. The molecule has 0 unspecified atom stereocenters. The fraction of sp³-hybridized carbons (Fsp3) is 0.211. The molecule has 0 saturated heterocycles. The van der Waals surface area contributed by atoms with Gasteiger partial charge in [-0.2, -0.15) is 0 Å². The summed E-state index contributed by atoms with van der Waals surface area (Å²) in [6.45, 7) is 4.24. The summed E-state index contributed by atoms with van der Waals surface area (Å²) in [5.41, 5.74) is 2.62. The van der Waals surface area contributed by atoms with Crippen molar-refractivity contribution in [2.75, 3.05) is 7.11 Å². The first kappa shape index (κ1) is 17.3. The number of hydrogen-bond donors (Lipinski definition) is 1. The number of aromatic hydroxyl groups is 1. The van der Waals surface area contributed by atoms with E-state index in [1.165, 1.54) is 18.7 Å². The standard InChI is InChI=1S/C19H19BrO3/c1-12(2)14-5-7-15(8-6-14)17(21)9-4-13-10-16(20)19(22)18(11-13)23-3/h4-12,22H,1-3H3. The Morgan fingerprint density at radius 1 is 1.22 bits per heavy atom. The van der Waals surface area contributed by atoms with E-state index >= 15 is 0 Å². The Labute approximate surface area is 144 Å². The number of benzene rings is 2. The van der Waals surface area contributed by atoms with Crippen molar-refractivity contribution in [3.05, 3.63) is 63.6 Å². The number of phenolic OH excluding ortho intramolecular Hbond substituents is 1. The minimum Gasteiger partial charge on any atom is -0.503 e. The van der Waals surface area contributed by atoms with E-state index in [0.717, 1.165) is 5.56 Å². The summed E-state index contributed by atoms with van der Waals surface area (Å²) >= 11 is 3.26. The SMILES string of the molecule is COc1cc(C=CC(=O)c2ccc(C(C)C)cc2)cc(Br)c1O. The van der Waals surface area contributed by atoms with Crippen LogP contribution < -0.4 is 4.74 Å². The van der Waals surface area contributed by atoms with Crippen molar-refractivity contribution >= 4 is 27.8 Å². The highest BCUT2D eigenvalue weighted by molar-refractivity contribution is 9.10. The first-order valence-corrected chi connectivity index (χ1v) is 8.10. The second-order valence-electron chi connectivity index (χ2n) is 5.53. The van der Waals surface area contributed by atoms with E-state index in [-0.39, 0.29) is 11.5 Å². The van der Waals surface area contributed by atoms with Crippen LogP contribution in [-0.2, 0) is 0 Å². The summed E-state index contributed by atoms with van der Waals surface area (Å²) in [6.07, 6.45) is 3.22. The number of phenols is 1. The molecule has 0 bridgehead atoms. The van der Waals surface area contributed by atoms with Crippen LogP contribution in [0.2, 0.25) is 0 Å². The van der Waals surface area contributed by atoms with Crippen LogP contribution in [0.1, 0.15) is 41.3 Å². The predicted molar refractivity (Wildman–Crippen MR) is 96.3 cm³/mol. The average Bonchev–Trinajstić information content (AvgIpc) is 2.55. The van der Waals surface area contributed by atoms with Crippen molar-refractivity contribution in [1.29, 1.82) is 0 Å². The Kier molecular flexibility index (Phi) is 5.61. The molecule has 0 radical (unpaired) electrons. The number of carbonyl (C=O) groups is 1. The lowest BCUT2D eigenvalue weighted by molar-refractivity contribution is 0.104. The van der Waals surface area contributed by atoms with Gasteiger partial charge in [0.1, 0.15) is 0 Å². The van der Waals surface area contributed by atoms with Gasteiger partial charge < -0.3 is 9.84 Å². The van der Waals surface area contributed by atoms with Crippen molar-refractivity contribution in [1.82, 2.24) is 0 Å². The van der Waals surface area contributed by atoms with Gasteiger partial charge in [-0.05, 0) is 51.2 Å². The largest absolute Gasteiger partial charge is 0.503 e. The molecule has 0 amide bonds. The maximum atomic E-state index is 12.2. The molecule has 0 saturated carbocycles. The zero-order chi connectivity index (χ0) is 17.0. The van der Waals surface area contributed by atoms with E-state index < -0.39 is 0 Å². The van der Waals surface area contributed by atoms with E-state index in [4.69, 9.17) is 4.74 Å². The highest BCUT2D eigenvalue weighted by atomic mass is 79.9. The fourth-order valence-corrected chi connectivity index (χ4v) is 2.61. The number of methoxy groups -OCH3 is 1. The van der Waals surface area contributed by atoms with Gasteiger partial charge >= 0.3 is 0 Å². The maximum absolute atomic E-state index is 12.2. The van der Waals surface area contributed by atoms with Crippen LogP contribution in [0.15, 0.2) is 46.9 Å².